The van der Waals surface area contributed by atoms with E-state index in [0.29, 0.717) is 0 Å². The van der Waals surface area contributed by atoms with E-state index < -0.39 is 70.9 Å². The van der Waals surface area contributed by atoms with Gasteiger partial charge >= 0.3 is 53.9 Å². The van der Waals surface area contributed by atoms with Crippen molar-refractivity contribution in [3.05, 3.63) is 0 Å². The van der Waals surface area contributed by atoms with Gasteiger partial charge in [-0.15, -0.1) is 0 Å². The second-order valence-corrected chi connectivity index (χ2v) is 11.8. The Hall–Kier alpha value is -1.99. The molecule has 0 atom stereocenters. The van der Waals surface area contributed by atoms with Crippen molar-refractivity contribution in [3.8, 4) is 0 Å². The van der Waals surface area contributed by atoms with Crippen molar-refractivity contribution in [1.82, 2.24) is 0 Å². The molecular formula is C12H30O27S5. The maximum Gasteiger partial charge on any atom is 0.550 e. The minimum Gasteiger partial charge on any atom is -0.429 e. The molecule has 0 saturated carbocycles. The zero-order valence-electron chi connectivity index (χ0n) is 23.0. The summed E-state index contributed by atoms with van der Waals surface area (Å²) < 4.78 is 150. The predicted octanol–water partition coefficient (Wildman–Crippen LogP) is 0.0606. The van der Waals surface area contributed by atoms with E-state index in [-0.39, 0.29) is 12.2 Å². The van der Waals surface area contributed by atoms with Gasteiger partial charge in [-0.1, -0.05) is 17.3 Å². The van der Waals surface area contributed by atoms with Crippen LogP contribution in [0.4, 0.5) is 9.59 Å². The maximum atomic E-state index is 10.7. The summed E-state index contributed by atoms with van der Waals surface area (Å²) >= 11 is -2.61. The molecule has 0 heterocycles. The van der Waals surface area contributed by atoms with Crippen LogP contribution < -0.4 is 0 Å². The molecule has 0 aromatic rings. The van der Waals surface area contributed by atoms with Gasteiger partial charge in [0, 0.05) is 0 Å². The van der Waals surface area contributed by atoms with Crippen molar-refractivity contribution in [2.45, 2.75) is 66.3 Å². The molecule has 0 aromatic carbocycles. The summed E-state index contributed by atoms with van der Waals surface area (Å²) in [5.74, 6) is 0. The molecule has 0 amide bonds. The van der Waals surface area contributed by atoms with Crippen molar-refractivity contribution in [2.75, 3.05) is 0 Å². The molecule has 0 saturated heterocycles. The summed E-state index contributed by atoms with van der Waals surface area (Å²) in [5.41, 5.74) is -0.403. The van der Waals surface area contributed by atoms with Crippen LogP contribution in [0, 0.1) is 0 Å². The summed E-state index contributed by atoms with van der Waals surface area (Å²) in [4.78, 5) is 33.2. The third-order valence-electron chi connectivity index (χ3n) is 1.51. The van der Waals surface area contributed by atoms with Gasteiger partial charge in [0.05, 0.1) is 17.8 Å². The smallest absolute Gasteiger partial charge is 0.429 e. The van der Waals surface area contributed by atoms with Crippen LogP contribution in [0.3, 0.4) is 0 Å². The van der Waals surface area contributed by atoms with Gasteiger partial charge in [-0.25, -0.2) is 4.89 Å². The van der Waals surface area contributed by atoms with Gasteiger partial charge < -0.3 is 9.47 Å². The minimum absolute atomic E-state index is 0.341. The SMILES string of the molecule is CC(C)(C)OO.CC(C)OC(=O)OOC(=O)OC(C)C.O=S(=O)(O)OOS(=O)(=O)O.O=S(=O)(O)OOS(=O)(=O)O.O=S(O)O. The molecule has 0 bridgehead atoms. The van der Waals surface area contributed by atoms with Gasteiger partial charge in [0.2, 0.25) is 0 Å². The number of carbonyl (C=O) groups is 2. The largest absolute Gasteiger partial charge is 0.550 e. The standard InChI is InChI=1S/C8H14O6.C4H10O2.2H2O8S2.H2O3S/c1-5(2)11-7(9)13-14-8(10)12-6(3)4;1-4(2,3)6-5;2*1-9(2,3)7-8-10(4,5)6;1-4(2)3/h5-6H,1-4H3;5H,1-3H3;2*(H,1,2,3)(H,4,5,6);(H2,1,2,3). The molecule has 44 heavy (non-hydrogen) atoms. The van der Waals surface area contributed by atoms with Gasteiger partial charge in [-0.3, -0.25) is 32.6 Å². The van der Waals surface area contributed by atoms with Gasteiger partial charge in [-0.05, 0) is 48.5 Å². The molecule has 0 spiro atoms. The van der Waals surface area contributed by atoms with Gasteiger partial charge in [0.25, 0.3) is 11.4 Å². The van der Waals surface area contributed by atoms with E-state index in [2.05, 4.69) is 41.5 Å². The lowest BCUT2D eigenvalue weighted by Gasteiger charge is -2.10. The van der Waals surface area contributed by atoms with E-state index in [1.165, 1.54) is 0 Å². The molecule has 270 valence electrons. The second kappa shape index (κ2) is 24.3. The lowest BCUT2D eigenvalue weighted by molar-refractivity contribution is -0.306. The molecule has 0 unspecified atom stereocenters. The van der Waals surface area contributed by atoms with Crippen LogP contribution in [-0.4, -0.2) is 101 Å². The summed E-state index contributed by atoms with van der Waals surface area (Å²) in [6, 6.07) is 0. The van der Waals surface area contributed by atoms with Gasteiger partial charge in [-0.2, -0.15) is 57.2 Å². The van der Waals surface area contributed by atoms with Crippen LogP contribution in [0.25, 0.3) is 0 Å². The lowest BCUT2D eigenvalue weighted by Crippen LogP contribution is -2.18. The Bertz CT molecular complexity index is 1090. The Morgan fingerprint density at radius 2 is 0.750 bits per heavy atom. The lowest BCUT2D eigenvalue weighted by atomic mass is 10.2. The van der Waals surface area contributed by atoms with Crippen LogP contribution in [0.15, 0.2) is 0 Å². The van der Waals surface area contributed by atoms with E-state index in [1.807, 2.05) is 0 Å². The van der Waals surface area contributed by atoms with E-state index in [9.17, 15) is 43.3 Å². The number of rotatable bonds is 8. The number of hydrogen-bond donors (Lipinski definition) is 7. The normalized spacial score (nSPS) is 11.7. The molecule has 0 aliphatic heterocycles. The monoisotopic (exact) mass is 766 g/mol. The molecule has 0 aromatic heterocycles. The molecule has 0 rings (SSSR count). The van der Waals surface area contributed by atoms with Crippen LogP contribution in [0.1, 0.15) is 48.5 Å². The minimum atomic E-state index is -5.02. The van der Waals surface area contributed by atoms with Crippen LogP contribution in [0.5, 0.6) is 0 Å². The number of carbonyl (C=O) groups excluding carboxylic acids is 2. The third-order valence-corrected chi connectivity index (χ3v) is 2.65. The van der Waals surface area contributed by atoms with Gasteiger partial charge in [0.15, 0.2) is 0 Å². The molecule has 0 fully saturated rings. The predicted molar refractivity (Wildman–Crippen MR) is 133 cm³/mol. The van der Waals surface area contributed by atoms with E-state index >= 15 is 0 Å². The van der Waals surface area contributed by atoms with Crippen LogP contribution >= 0.6 is 0 Å². The first-order chi connectivity index (χ1) is 19.1. The molecule has 27 nitrogen and oxygen atoms in total. The second-order valence-electron chi connectivity index (χ2n) is 7.42. The van der Waals surface area contributed by atoms with Crippen LogP contribution in [-0.2, 0) is 94.4 Å². The summed E-state index contributed by atoms with van der Waals surface area (Å²) in [7, 11) is -20.1. The fourth-order valence-corrected chi connectivity index (χ4v) is 1.76. The Labute approximate surface area is 252 Å². The Kier molecular flexibility index (Phi) is 28.5. The molecule has 0 radical (unpaired) electrons. The average molecular weight is 767 g/mol. The van der Waals surface area contributed by atoms with Crippen molar-refractivity contribution in [2.24, 2.45) is 0 Å². The fraction of sp³-hybridized carbons (Fsp3) is 0.833. The number of ether oxygens (including phenoxy) is 2. The quantitative estimate of drug-likeness (QED) is 0.0564. The van der Waals surface area contributed by atoms with E-state index in [4.69, 9.17) is 36.8 Å². The average Bonchev–Trinajstić information content (AvgIpc) is 2.73. The summed E-state index contributed by atoms with van der Waals surface area (Å²) in [5, 5.41) is 7.90. The zero-order valence-corrected chi connectivity index (χ0v) is 27.1. The first kappa shape index (κ1) is 51.6. The fourth-order valence-electron chi connectivity index (χ4n) is 0.633. The Morgan fingerprint density at radius 1 is 0.591 bits per heavy atom. The third kappa shape index (κ3) is 77.6. The van der Waals surface area contributed by atoms with Crippen molar-refractivity contribution < 1.29 is 122 Å². The zero-order chi connectivity index (χ0) is 36.8. The first-order valence-electron chi connectivity index (χ1n) is 9.65. The van der Waals surface area contributed by atoms with Crippen LogP contribution in [0.2, 0.25) is 0 Å². The van der Waals surface area contributed by atoms with E-state index in [1.54, 1.807) is 48.5 Å². The summed E-state index contributed by atoms with van der Waals surface area (Å²) in [6.07, 6.45) is -2.85. The van der Waals surface area contributed by atoms with Gasteiger partial charge in [0.1, 0.15) is 0 Å². The Morgan fingerprint density at radius 3 is 0.841 bits per heavy atom. The highest BCUT2D eigenvalue weighted by atomic mass is 32.3. The summed E-state index contributed by atoms with van der Waals surface area (Å²) in [6.45, 7) is 11.8. The van der Waals surface area contributed by atoms with Crippen molar-refractivity contribution in [3.63, 3.8) is 0 Å². The highest BCUT2D eigenvalue weighted by Crippen LogP contribution is 2.02. The number of hydrogen-bond acceptors (Lipinski definition) is 21. The topological polar surface area (TPSA) is 412 Å². The highest BCUT2D eigenvalue weighted by molar-refractivity contribution is 7.83. The molecule has 0 aliphatic carbocycles. The van der Waals surface area contributed by atoms with E-state index in [0.717, 1.165) is 0 Å². The van der Waals surface area contributed by atoms with Crippen molar-refractivity contribution in [1.29, 1.82) is 0 Å². The molecular weight excluding hydrogens is 736 g/mol. The molecule has 0 aliphatic rings. The van der Waals surface area contributed by atoms with Crippen molar-refractivity contribution >= 4 is 65.3 Å². The molecule has 32 heteroatoms. The molecule has 7 N–H and O–H groups in total. The maximum absolute atomic E-state index is 10.7. The highest BCUT2D eigenvalue weighted by Gasteiger charge is 2.15. The first-order valence-corrected chi connectivity index (χ1v) is 16.2. The Balaban J connectivity index is -0.000000152.